The van der Waals surface area contributed by atoms with Gasteiger partial charge in [-0.25, -0.2) is 4.98 Å². The van der Waals surface area contributed by atoms with Crippen molar-refractivity contribution in [2.24, 2.45) is 5.41 Å². The van der Waals surface area contributed by atoms with Gasteiger partial charge >= 0.3 is 0 Å². The summed E-state index contributed by atoms with van der Waals surface area (Å²) in [6.07, 6.45) is 7.84. The first-order valence-electron chi connectivity index (χ1n) is 9.46. The summed E-state index contributed by atoms with van der Waals surface area (Å²) in [7, 11) is 0. The maximum absolute atomic E-state index is 5.89. The SMILES string of the molecule is C=CCCCOCc1[nH]c([C@@H]2CC3(CC3)CN2)nc1-c1ccc(Br)cc1. The molecule has 0 unspecified atom stereocenters. The molecule has 5 heteroatoms. The molecule has 4 rings (SSSR count). The fourth-order valence-corrected chi connectivity index (χ4v) is 3.98. The normalized spacial score (nSPS) is 20.6. The summed E-state index contributed by atoms with van der Waals surface area (Å²) in [5.41, 5.74) is 3.75. The van der Waals surface area contributed by atoms with E-state index in [2.05, 4.69) is 57.1 Å². The smallest absolute Gasteiger partial charge is 0.124 e. The van der Waals surface area contributed by atoms with E-state index in [4.69, 9.17) is 9.72 Å². The summed E-state index contributed by atoms with van der Waals surface area (Å²) in [4.78, 5) is 8.53. The summed E-state index contributed by atoms with van der Waals surface area (Å²) in [6.45, 7) is 6.19. The third-order valence-electron chi connectivity index (χ3n) is 5.51. The maximum Gasteiger partial charge on any atom is 0.124 e. The van der Waals surface area contributed by atoms with E-state index in [1.807, 2.05) is 6.08 Å². The van der Waals surface area contributed by atoms with E-state index in [9.17, 15) is 0 Å². The number of benzene rings is 1. The lowest BCUT2D eigenvalue weighted by Crippen LogP contribution is -2.15. The Morgan fingerprint density at radius 1 is 1.31 bits per heavy atom. The molecular weight excluding hydrogens is 390 g/mol. The fourth-order valence-electron chi connectivity index (χ4n) is 3.72. The second-order valence-electron chi connectivity index (χ2n) is 7.58. The fraction of sp³-hybridized carbons (Fsp3) is 0.476. The number of allylic oxidation sites excluding steroid dienone is 1. The highest BCUT2D eigenvalue weighted by Crippen LogP contribution is 2.54. The molecule has 0 amide bonds. The highest BCUT2D eigenvalue weighted by molar-refractivity contribution is 9.10. The zero-order valence-corrected chi connectivity index (χ0v) is 16.6. The van der Waals surface area contributed by atoms with E-state index in [0.29, 0.717) is 18.1 Å². The number of nitrogens with zero attached hydrogens (tertiary/aromatic N) is 1. The van der Waals surface area contributed by atoms with Gasteiger partial charge in [0, 0.05) is 23.2 Å². The third-order valence-corrected chi connectivity index (χ3v) is 6.03. The van der Waals surface area contributed by atoms with Crippen molar-refractivity contribution in [1.29, 1.82) is 0 Å². The molecule has 1 atom stereocenters. The van der Waals surface area contributed by atoms with Crippen molar-refractivity contribution in [3.8, 4) is 11.3 Å². The minimum Gasteiger partial charge on any atom is -0.375 e. The van der Waals surface area contributed by atoms with E-state index in [1.54, 1.807) is 0 Å². The molecule has 4 nitrogen and oxygen atoms in total. The molecule has 2 N–H and O–H groups in total. The molecule has 138 valence electrons. The molecule has 1 spiro atoms. The van der Waals surface area contributed by atoms with E-state index >= 15 is 0 Å². The zero-order chi connectivity index (χ0) is 18.0. The molecule has 1 saturated heterocycles. The Morgan fingerprint density at radius 2 is 2.12 bits per heavy atom. The number of H-pyrrole nitrogens is 1. The van der Waals surface area contributed by atoms with Crippen molar-refractivity contribution in [1.82, 2.24) is 15.3 Å². The van der Waals surface area contributed by atoms with Gasteiger partial charge in [-0.15, -0.1) is 6.58 Å². The van der Waals surface area contributed by atoms with Crippen molar-refractivity contribution in [2.75, 3.05) is 13.2 Å². The molecule has 1 aliphatic heterocycles. The predicted octanol–water partition coefficient (Wildman–Crippen LogP) is 5.14. The summed E-state index contributed by atoms with van der Waals surface area (Å²) in [6, 6.07) is 8.67. The molecule has 1 aromatic heterocycles. The second-order valence-corrected chi connectivity index (χ2v) is 8.49. The number of halogens is 1. The van der Waals surface area contributed by atoms with E-state index in [-0.39, 0.29) is 0 Å². The van der Waals surface area contributed by atoms with Crippen LogP contribution in [0.25, 0.3) is 11.3 Å². The van der Waals surface area contributed by atoms with Gasteiger partial charge in [0.15, 0.2) is 0 Å². The number of aromatic nitrogens is 2. The van der Waals surface area contributed by atoms with Crippen LogP contribution < -0.4 is 5.32 Å². The van der Waals surface area contributed by atoms with Crippen LogP contribution >= 0.6 is 15.9 Å². The van der Waals surface area contributed by atoms with Crippen molar-refractivity contribution in [3.05, 3.63) is 52.9 Å². The molecule has 2 heterocycles. The lowest BCUT2D eigenvalue weighted by Gasteiger charge is -2.06. The highest BCUT2D eigenvalue weighted by Gasteiger charge is 2.49. The van der Waals surface area contributed by atoms with Crippen molar-refractivity contribution in [2.45, 2.75) is 44.8 Å². The number of hydrogen-bond acceptors (Lipinski definition) is 3. The number of hydrogen-bond donors (Lipinski definition) is 2. The third kappa shape index (κ3) is 3.95. The summed E-state index contributed by atoms with van der Waals surface area (Å²) in [5, 5.41) is 3.66. The zero-order valence-electron chi connectivity index (χ0n) is 15.1. The van der Waals surface area contributed by atoms with Gasteiger partial charge in [-0.2, -0.15) is 0 Å². The quantitative estimate of drug-likeness (QED) is 0.463. The Bertz CT molecular complexity index is 764. The van der Waals surface area contributed by atoms with Crippen molar-refractivity contribution >= 4 is 15.9 Å². The molecule has 2 aromatic rings. The minimum atomic E-state index is 0.334. The summed E-state index contributed by atoms with van der Waals surface area (Å²) in [5.74, 6) is 1.05. The van der Waals surface area contributed by atoms with Crippen LogP contribution in [0.15, 0.2) is 41.4 Å². The van der Waals surface area contributed by atoms with Crippen LogP contribution in [-0.4, -0.2) is 23.1 Å². The van der Waals surface area contributed by atoms with Gasteiger partial charge in [-0.05, 0) is 49.7 Å². The lowest BCUT2D eigenvalue weighted by atomic mass is 10.0. The van der Waals surface area contributed by atoms with Gasteiger partial charge in [0.05, 0.1) is 24.0 Å². The van der Waals surface area contributed by atoms with Gasteiger partial charge in [0.25, 0.3) is 0 Å². The Labute approximate surface area is 163 Å². The van der Waals surface area contributed by atoms with Crippen LogP contribution in [-0.2, 0) is 11.3 Å². The van der Waals surface area contributed by atoms with Crippen LogP contribution in [0, 0.1) is 5.41 Å². The first-order chi connectivity index (χ1) is 12.7. The number of ether oxygens (including phenoxy) is 1. The van der Waals surface area contributed by atoms with Gasteiger partial charge in [-0.1, -0.05) is 34.1 Å². The van der Waals surface area contributed by atoms with Crippen molar-refractivity contribution in [3.63, 3.8) is 0 Å². The van der Waals surface area contributed by atoms with Crippen LogP contribution in [0.3, 0.4) is 0 Å². The topological polar surface area (TPSA) is 49.9 Å². The molecule has 26 heavy (non-hydrogen) atoms. The Kier molecular flexibility index (Phi) is 5.30. The standard InChI is InChI=1S/C21H26BrN3O/c1-2-3-4-11-26-13-18-19(15-5-7-16(22)8-6-15)25-20(24-18)17-12-21(9-10-21)14-23-17/h2,5-8,17,23H,1,3-4,9-14H2,(H,24,25)/t17-/m0/s1. The molecule has 2 fully saturated rings. The molecule has 1 aliphatic carbocycles. The molecule has 0 bridgehead atoms. The van der Waals surface area contributed by atoms with Gasteiger partial charge < -0.3 is 15.0 Å². The molecular formula is C21H26BrN3O. The average molecular weight is 416 g/mol. The number of unbranched alkanes of at least 4 members (excludes halogenated alkanes) is 1. The van der Waals surface area contributed by atoms with Crippen molar-refractivity contribution < 1.29 is 4.74 Å². The Balaban J connectivity index is 1.53. The molecule has 2 aliphatic rings. The molecule has 0 radical (unpaired) electrons. The molecule has 1 saturated carbocycles. The Hall–Kier alpha value is -1.43. The average Bonchev–Trinajstić information content (AvgIpc) is 3.07. The number of nitrogens with one attached hydrogen (secondary N) is 2. The molecule has 1 aromatic carbocycles. The maximum atomic E-state index is 5.89. The van der Waals surface area contributed by atoms with Crippen LogP contribution in [0.1, 0.15) is 49.7 Å². The van der Waals surface area contributed by atoms with E-state index < -0.39 is 0 Å². The number of imidazole rings is 1. The largest absolute Gasteiger partial charge is 0.375 e. The van der Waals surface area contributed by atoms with Gasteiger partial charge in [0.1, 0.15) is 5.82 Å². The van der Waals surface area contributed by atoms with Crippen LogP contribution in [0.5, 0.6) is 0 Å². The predicted molar refractivity (Wildman–Crippen MR) is 108 cm³/mol. The first kappa shape index (κ1) is 18.0. The van der Waals surface area contributed by atoms with E-state index in [0.717, 1.165) is 53.2 Å². The number of aromatic amines is 1. The van der Waals surface area contributed by atoms with Gasteiger partial charge in [0.2, 0.25) is 0 Å². The summed E-state index contributed by atoms with van der Waals surface area (Å²) >= 11 is 3.51. The lowest BCUT2D eigenvalue weighted by molar-refractivity contribution is 0.117. The highest BCUT2D eigenvalue weighted by atomic mass is 79.9. The Morgan fingerprint density at radius 3 is 2.81 bits per heavy atom. The van der Waals surface area contributed by atoms with Gasteiger partial charge in [-0.3, -0.25) is 0 Å². The van der Waals surface area contributed by atoms with E-state index in [1.165, 1.54) is 19.3 Å². The second kappa shape index (κ2) is 7.67. The monoisotopic (exact) mass is 415 g/mol. The minimum absolute atomic E-state index is 0.334. The number of rotatable bonds is 8. The summed E-state index contributed by atoms with van der Waals surface area (Å²) < 4.78 is 6.96. The van der Waals surface area contributed by atoms with Crippen LogP contribution in [0.2, 0.25) is 0 Å². The van der Waals surface area contributed by atoms with Crippen LogP contribution in [0.4, 0.5) is 0 Å². The first-order valence-corrected chi connectivity index (χ1v) is 10.3.